The average Bonchev–Trinajstić information content (AvgIpc) is 3.78. The molecule has 45 heavy (non-hydrogen) atoms. The predicted molar refractivity (Wildman–Crippen MR) is 158 cm³/mol. The summed E-state index contributed by atoms with van der Waals surface area (Å²) in [7, 11) is 0. The van der Waals surface area contributed by atoms with Gasteiger partial charge in [-0.3, -0.25) is 4.68 Å². The highest BCUT2D eigenvalue weighted by atomic mass is 19.4. The third kappa shape index (κ3) is 10.2. The van der Waals surface area contributed by atoms with Crippen LogP contribution in [-0.4, -0.2) is 89.5 Å². The van der Waals surface area contributed by atoms with Crippen molar-refractivity contribution in [3.05, 3.63) is 61.2 Å². The molecule has 240 valence electrons. The van der Waals surface area contributed by atoms with Gasteiger partial charge < -0.3 is 24.3 Å². The topological polar surface area (TPSA) is 113 Å². The normalized spacial score (nSPS) is 19.3. The molecule has 0 saturated heterocycles. The fourth-order valence-electron chi connectivity index (χ4n) is 5.36. The van der Waals surface area contributed by atoms with E-state index >= 15 is 0 Å². The Morgan fingerprint density at radius 2 is 1.73 bits per heavy atom. The van der Waals surface area contributed by atoms with Gasteiger partial charge in [0.05, 0.1) is 51.5 Å². The van der Waals surface area contributed by atoms with Crippen LogP contribution in [0.4, 0.5) is 24.7 Å². The van der Waals surface area contributed by atoms with Crippen molar-refractivity contribution in [2.75, 3.05) is 51.5 Å². The number of allylic oxidation sites excluding steroid dienone is 2. The zero-order valence-corrected chi connectivity index (χ0v) is 24.6. The second-order valence-corrected chi connectivity index (χ2v) is 10.8. The van der Waals surface area contributed by atoms with Gasteiger partial charge in [-0.2, -0.15) is 9.67 Å². The van der Waals surface area contributed by atoms with Crippen LogP contribution in [0.5, 0.6) is 5.75 Å². The van der Waals surface area contributed by atoms with Crippen LogP contribution in [-0.2, 0) is 25.5 Å². The fourth-order valence-corrected chi connectivity index (χ4v) is 5.36. The van der Waals surface area contributed by atoms with Gasteiger partial charge in [-0.25, -0.2) is 14.8 Å². The lowest BCUT2D eigenvalue weighted by Crippen LogP contribution is -2.23. The molecule has 2 bridgehead atoms. The number of hydrogen-bond donors (Lipinski definition) is 1. The SMILES string of the molecule is O=C[N+](=CC1CC2C=CC1C2)CCOCCOCCOCCn1cc(-c2cc(Nc3ccc(OC(F)(F)F)cc3)ncn2)cn1. The summed E-state index contributed by atoms with van der Waals surface area (Å²) in [6, 6.07) is 7.07. The van der Waals surface area contributed by atoms with E-state index in [0.29, 0.717) is 87.7 Å². The van der Waals surface area contributed by atoms with Gasteiger partial charge in [0.15, 0.2) is 12.8 Å². The quantitative estimate of drug-likeness (QED) is 0.0716. The van der Waals surface area contributed by atoms with Crippen LogP contribution in [0.1, 0.15) is 12.8 Å². The molecule has 2 aliphatic rings. The Balaban J connectivity index is 0.926. The van der Waals surface area contributed by atoms with E-state index in [-0.39, 0.29) is 5.75 Å². The molecule has 0 spiro atoms. The highest BCUT2D eigenvalue weighted by molar-refractivity contribution is 5.64. The number of rotatable bonds is 18. The number of fused-ring (bicyclic) bond motifs is 2. The van der Waals surface area contributed by atoms with E-state index in [2.05, 4.69) is 43.5 Å². The summed E-state index contributed by atoms with van der Waals surface area (Å²) < 4.78 is 61.2. The Morgan fingerprint density at radius 3 is 2.42 bits per heavy atom. The molecular formula is C31H36F3N6O5+. The van der Waals surface area contributed by atoms with E-state index in [4.69, 9.17) is 14.2 Å². The Hall–Kier alpha value is -4.14. The monoisotopic (exact) mass is 629 g/mol. The number of nitrogens with one attached hydrogen (secondary N) is 1. The predicted octanol–water partition coefficient (Wildman–Crippen LogP) is 4.48. The lowest BCUT2D eigenvalue weighted by Gasteiger charge is -2.10. The molecule has 1 aromatic carbocycles. The average molecular weight is 630 g/mol. The molecule has 14 heteroatoms. The Morgan fingerprint density at radius 1 is 0.978 bits per heavy atom. The van der Waals surface area contributed by atoms with Gasteiger partial charge >= 0.3 is 12.8 Å². The number of ether oxygens (including phenoxy) is 4. The first-order chi connectivity index (χ1) is 21.8. The van der Waals surface area contributed by atoms with Crippen molar-refractivity contribution in [3.8, 4) is 17.0 Å². The van der Waals surface area contributed by atoms with Crippen molar-refractivity contribution >= 4 is 24.1 Å². The molecule has 3 aromatic rings. The molecule has 3 unspecified atom stereocenters. The smallest absolute Gasteiger partial charge is 0.406 e. The second-order valence-electron chi connectivity index (χ2n) is 10.8. The van der Waals surface area contributed by atoms with E-state index in [1.54, 1.807) is 21.5 Å². The first kappa shape index (κ1) is 32.3. The third-order valence-electron chi connectivity index (χ3n) is 7.51. The first-order valence-electron chi connectivity index (χ1n) is 14.8. The molecule has 2 heterocycles. The Labute approximate surface area is 258 Å². The summed E-state index contributed by atoms with van der Waals surface area (Å²) in [6.45, 7) is 3.75. The summed E-state index contributed by atoms with van der Waals surface area (Å²) in [5.74, 6) is 1.86. The molecule has 1 N–H and O–H groups in total. The zero-order valence-electron chi connectivity index (χ0n) is 24.6. The molecule has 2 aliphatic carbocycles. The summed E-state index contributed by atoms with van der Waals surface area (Å²) >= 11 is 0. The van der Waals surface area contributed by atoms with Crippen molar-refractivity contribution in [2.45, 2.75) is 25.7 Å². The number of nitrogens with zero attached hydrogens (tertiary/aromatic N) is 5. The maximum atomic E-state index is 12.4. The van der Waals surface area contributed by atoms with Crippen molar-refractivity contribution in [2.24, 2.45) is 17.8 Å². The first-order valence-corrected chi connectivity index (χ1v) is 14.8. The third-order valence-corrected chi connectivity index (χ3v) is 7.51. The van der Waals surface area contributed by atoms with Gasteiger partial charge in [-0.1, -0.05) is 12.2 Å². The lowest BCUT2D eigenvalue weighted by molar-refractivity contribution is -0.435. The van der Waals surface area contributed by atoms with Crippen molar-refractivity contribution in [3.63, 3.8) is 0 Å². The number of carbonyl (C=O) groups is 1. The van der Waals surface area contributed by atoms with E-state index in [1.807, 2.05) is 6.20 Å². The molecule has 1 amide bonds. The van der Waals surface area contributed by atoms with Gasteiger partial charge in [0.25, 0.3) is 0 Å². The van der Waals surface area contributed by atoms with Crippen LogP contribution in [0.15, 0.2) is 61.2 Å². The minimum Gasteiger partial charge on any atom is -0.406 e. The zero-order chi connectivity index (χ0) is 31.5. The minimum atomic E-state index is -4.74. The van der Waals surface area contributed by atoms with Crippen molar-refractivity contribution < 1.29 is 41.5 Å². The molecule has 0 radical (unpaired) electrons. The van der Waals surface area contributed by atoms with E-state index in [1.165, 1.54) is 37.0 Å². The van der Waals surface area contributed by atoms with Crippen LogP contribution < -0.4 is 10.1 Å². The van der Waals surface area contributed by atoms with Crippen LogP contribution >= 0.6 is 0 Å². The molecular weight excluding hydrogens is 593 g/mol. The lowest BCUT2D eigenvalue weighted by atomic mass is 9.95. The maximum absolute atomic E-state index is 12.4. The summed E-state index contributed by atoms with van der Waals surface area (Å²) in [6.07, 6.45) is 10.00. The van der Waals surface area contributed by atoms with Crippen LogP contribution in [0.2, 0.25) is 0 Å². The molecule has 0 aliphatic heterocycles. The standard InChI is InChI=1S/C31H36F3N6O5/c32-31(33,34)45-28-5-3-27(4-6-28)38-30-17-29(35-21-36-30)26-18-37-40(20-26)8-10-43-12-14-44-13-11-42-9-7-39(22-41)19-25-16-23-1-2-24(25)15-23/h1-6,17-25H,7-16H2,(H,35,36,38)/q+1. The summed E-state index contributed by atoms with van der Waals surface area (Å²) in [5.41, 5.74) is 1.94. The maximum Gasteiger partial charge on any atom is 0.573 e. The highest BCUT2D eigenvalue weighted by Crippen LogP contribution is 2.42. The van der Waals surface area contributed by atoms with Gasteiger partial charge in [0, 0.05) is 29.4 Å². The number of amides is 1. The van der Waals surface area contributed by atoms with Gasteiger partial charge in [-0.15, -0.1) is 13.2 Å². The van der Waals surface area contributed by atoms with Gasteiger partial charge in [0.2, 0.25) is 0 Å². The van der Waals surface area contributed by atoms with E-state index in [9.17, 15) is 18.0 Å². The van der Waals surface area contributed by atoms with Crippen LogP contribution in [0.3, 0.4) is 0 Å². The number of aromatic nitrogens is 4. The van der Waals surface area contributed by atoms with Crippen LogP contribution in [0.25, 0.3) is 11.3 Å². The van der Waals surface area contributed by atoms with Crippen molar-refractivity contribution in [1.82, 2.24) is 19.7 Å². The molecule has 3 atom stereocenters. The number of carbonyl (C=O) groups excluding carboxylic acids is 1. The van der Waals surface area contributed by atoms with Gasteiger partial charge in [-0.05, 0) is 48.9 Å². The van der Waals surface area contributed by atoms with Gasteiger partial charge in [0.1, 0.15) is 24.5 Å². The number of anilines is 2. The number of halogens is 3. The summed E-state index contributed by atoms with van der Waals surface area (Å²) in [4.78, 5) is 19.9. The molecule has 1 saturated carbocycles. The van der Waals surface area contributed by atoms with E-state index < -0.39 is 6.36 Å². The molecule has 5 rings (SSSR count). The molecule has 2 aromatic heterocycles. The van der Waals surface area contributed by atoms with Crippen LogP contribution in [0, 0.1) is 17.8 Å². The Kier molecular flexibility index (Phi) is 11.3. The molecule has 1 fully saturated rings. The highest BCUT2D eigenvalue weighted by Gasteiger charge is 2.36. The van der Waals surface area contributed by atoms with Crippen molar-refractivity contribution in [1.29, 1.82) is 0 Å². The largest absolute Gasteiger partial charge is 0.573 e. The minimum absolute atomic E-state index is 0.307. The fraction of sp³-hybridized carbons (Fsp3) is 0.452. The molecule has 11 nitrogen and oxygen atoms in total. The number of alkyl halides is 3. The second kappa shape index (κ2) is 15.7. The van der Waals surface area contributed by atoms with E-state index in [0.717, 1.165) is 18.4 Å². The Bertz CT molecular complexity index is 1450. The number of hydrogen-bond acceptors (Lipinski definition) is 9. The number of benzene rings is 1. The summed E-state index contributed by atoms with van der Waals surface area (Å²) in [5, 5.41) is 7.38.